The lowest BCUT2D eigenvalue weighted by Crippen LogP contribution is -1.94. The van der Waals surface area contributed by atoms with Crippen molar-refractivity contribution in [3.05, 3.63) is 50.1 Å². The molecule has 0 bridgehead atoms. The van der Waals surface area contributed by atoms with Gasteiger partial charge in [-0.05, 0) is 52.7 Å². The van der Waals surface area contributed by atoms with Crippen LogP contribution in [0.15, 0.2) is 34.8 Å². The van der Waals surface area contributed by atoms with Crippen LogP contribution in [-0.2, 0) is 6.61 Å². The highest BCUT2D eigenvalue weighted by molar-refractivity contribution is 9.10. The summed E-state index contributed by atoms with van der Waals surface area (Å²) in [5.74, 6) is -0.145. The Morgan fingerprint density at radius 1 is 1.39 bits per heavy atom. The lowest BCUT2D eigenvalue weighted by atomic mass is 10.2. The standard InChI is InChI=1S/C13H11BrO3S/c1-8-2-4-11(10(14)6-8)17-7-9-3-5-12(18-9)13(15)16/h2-6H,7H2,1H3,(H,15,16). The minimum Gasteiger partial charge on any atom is -0.487 e. The number of hydrogen-bond acceptors (Lipinski definition) is 3. The van der Waals surface area contributed by atoms with Crippen molar-refractivity contribution >= 4 is 33.2 Å². The molecule has 0 aliphatic heterocycles. The zero-order chi connectivity index (χ0) is 13.1. The van der Waals surface area contributed by atoms with Crippen LogP contribution in [0, 0.1) is 6.92 Å². The van der Waals surface area contributed by atoms with Crippen molar-refractivity contribution < 1.29 is 14.6 Å². The van der Waals surface area contributed by atoms with Crippen LogP contribution in [-0.4, -0.2) is 11.1 Å². The summed E-state index contributed by atoms with van der Waals surface area (Å²) in [4.78, 5) is 12.0. The van der Waals surface area contributed by atoms with Gasteiger partial charge in [-0.2, -0.15) is 0 Å². The SMILES string of the molecule is Cc1ccc(OCc2ccc(C(=O)O)s2)c(Br)c1. The largest absolute Gasteiger partial charge is 0.487 e. The number of ether oxygens (including phenoxy) is 1. The number of aromatic carboxylic acids is 1. The van der Waals surface area contributed by atoms with E-state index < -0.39 is 5.97 Å². The highest BCUT2D eigenvalue weighted by Gasteiger charge is 2.08. The van der Waals surface area contributed by atoms with Gasteiger partial charge in [-0.15, -0.1) is 11.3 Å². The molecule has 1 aromatic heterocycles. The summed E-state index contributed by atoms with van der Waals surface area (Å²) in [6.07, 6.45) is 0. The van der Waals surface area contributed by atoms with Crippen LogP contribution in [0.2, 0.25) is 0 Å². The van der Waals surface area contributed by atoms with Gasteiger partial charge in [0.25, 0.3) is 0 Å². The molecule has 1 aromatic carbocycles. The van der Waals surface area contributed by atoms with E-state index in [2.05, 4.69) is 15.9 Å². The summed E-state index contributed by atoms with van der Waals surface area (Å²) >= 11 is 4.66. The Balaban J connectivity index is 2.04. The van der Waals surface area contributed by atoms with E-state index in [0.717, 1.165) is 20.7 Å². The molecular formula is C13H11BrO3S. The van der Waals surface area contributed by atoms with E-state index in [0.29, 0.717) is 11.5 Å². The molecule has 0 amide bonds. The molecule has 18 heavy (non-hydrogen) atoms. The quantitative estimate of drug-likeness (QED) is 0.920. The highest BCUT2D eigenvalue weighted by Crippen LogP contribution is 2.27. The molecule has 0 atom stereocenters. The Hall–Kier alpha value is -1.33. The first kappa shape index (κ1) is 13.1. The Morgan fingerprint density at radius 2 is 2.17 bits per heavy atom. The van der Waals surface area contributed by atoms with Gasteiger partial charge >= 0.3 is 5.97 Å². The first-order valence-corrected chi connectivity index (χ1v) is 6.88. The van der Waals surface area contributed by atoms with Crippen LogP contribution in [0.25, 0.3) is 0 Å². The van der Waals surface area contributed by atoms with E-state index in [9.17, 15) is 4.79 Å². The van der Waals surface area contributed by atoms with Gasteiger partial charge in [0.1, 0.15) is 17.2 Å². The van der Waals surface area contributed by atoms with E-state index in [1.165, 1.54) is 11.3 Å². The van der Waals surface area contributed by atoms with Crippen LogP contribution >= 0.6 is 27.3 Å². The van der Waals surface area contributed by atoms with Crippen molar-refractivity contribution in [1.29, 1.82) is 0 Å². The van der Waals surface area contributed by atoms with E-state index in [4.69, 9.17) is 9.84 Å². The van der Waals surface area contributed by atoms with Crippen molar-refractivity contribution in [2.75, 3.05) is 0 Å². The van der Waals surface area contributed by atoms with Gasteiger partial charge in [-0.1, -0.05) is 6.07 Å². The Labute approximate surface area is 117 Å². The average molecular weight is 327 g/mol. The number of carboxylic acids is 1. The molecule has 0 radical (unpaired) electrons. The molecule has 0 saturated carbocycles. The second-order valence-corrected chi connectivity index (χ2v) is 5.82. The van der Waals surface area contributed by atoms with Gasteiger partial charge in [0.05, 0.1) is 4.47 Å². The molecule has 0 aliphatic rings. The second kappa shape index (κ2) is 5.54. The predicted octanol–water partition coefficient (Wildman–Crippen LogP) is 4.10. The average Bonchev–Trinajstić information content (AvgIpc) is 2.76. The smallest absolute Gasteiger partial charge is 0.345 e. The minimum atomic E-state index is -0.900. The molecule has 2 aromatic rings. The normalized spacial score (nSPS) is 10.3. The number of halogens is 1. The fraction of sp³-hybridized carbons (Fsp3) is 0.154. The van der Waals surface area contributed by atoms with Gasteiger partial charge < -0.3 is 9.84 Å². The molecule has 0 unspecified atom stereocenters. The zero-order valence-corrected chi connectivity index (χ0v) is 12.0. The third kappa shape index (κ3) is 3.11. The fourth-order valence-electron chi connectivity index (χ4n) is 1.44. The molecule has 1 N–H and O–H groups in total. The molecule has 0 saturated heterocycles. The number of thiophene rings is 1. The van der Waals surface area contributed by atoms with Gasteiger partial charge in [0, 0.05) is 4.88 Å². The summed E-state index contributed by atoms with van der Waals surface area (Å²) < 4.78 is 6.54. The monoisotopic (exact) mass is 326 g/mol. The number of carbonyl (C=O) groups is 1. The topological polar surface area (TPSA) is 46.5 Å². The Morgan fingerprint density at radius 3 is 2.78 bits per heavy atom. The zero-order valence-electron chi connectivity index (χ0n) is 9.64. The first-order valence-electron chi connectivity index (χ1n) is 5.27. The van der Waals surface area contributed by atoms with E-state index in [-0.39, 0.29) is 0 Å². The van der Waals surface area contributed by atoms with Crippen LogP contribution < -0.4 is 4.74 Å². The molecule has 3 nitrogen and oxygen atoms in total. The number of hydrogen-bond donors (Lipinski definition) is 1. The summed E-state index contributed by atoms with van der Waals surface area (Å²) in [5.41, 5.74) is 1.15. The summed E-state index contributed by atoms with van der Waals surface area (Å²) in [6.45, 7) is 2.38. The molecular weight excluding hydrogens is 316 g/mol. The molecule has 5 heteroatoms. The number of aryl methyl sites for hydroxylation is 1. The summed E-state index contributed by atoms with van der Waals surface area (Å²) in [7, 11) is 0. The third-order valence-electron chi connectivity index (χ3n) is 2.33. The van der Waals surface area contributed by atoms with Gasteiger partial charge in [0.2, 0.25) is 0 Å². The lowest BCUT2D eigenvalue weighted by molar-refractivity contribution is 0.0702. The van der Waals surface area contributed by atoms with E-state index >= 15 is 0 Å². The van der Waals surface area contributed by atoms with Crippen LogP contribution in [0.1, 0.15) is 20.1 Å². The Bertz CT molecular complexity index is 577. The fourth-order valence-corrected chi connectivity index (χ4v) is 2.81. The van der Waals surface area contributed by atoms with Gasteiger partial charge in [0.15, 0.2) is 0 Å². The number of benzene rings is 1. The van der Waals surface area contributed by atoms with Gasteiger partial charge in [-0.25, -0.2) is 4.79 Å². The van der Waals surface area contributed by atoms with Crippen LogP contribution in [0.3, 0.4) is 0 Å². The van der Waals surface area contributed by atoms with Gasteiger partial charge in [-0.3, -0.25) is 0 Å². The third-order valence-corrected chi connectivity index (χ3v) is 4.00. The Kier molecular flexibility index (Phi) is 4.04. The lowest BCUT2D eigenvalue weighted by Gasteiger charge is -2.07. The maximum absolute atomic E-state index is 10.7. The molecule has 1 heterocycles. The molecule has 0 aliphatic carbocycles. The van der Waals surface area contributed by atoms with Crippen LogP contribution in [0.4, 0.5) is 0 Å². The van der Waals surface area contributed by atoms with Crippen molar-refractivity contribution in [2.24, 2.45) is 0 Å². The predicted molar refractivity (Wildman–Crippen MR) is 74.5 cm³/mol. The maximum atomic E-state index is 10.7. The number of carboxylic acid groups (broad SMARTS) is 1. The molecule has 0 spiro atoms. The second-order valence-electron chi connectivity index (χ2n) is 3.79. The van der Waals surface area contributed by atoms with E-state index in [1.807, 2.05) is 25.1 Å². The summed E-state index contributed by atoms with van der Waals surface area (Å²) in [6, 6.07) is 9.21. The van der Waals surface area contributed by atoms with Crippen LogP contribution in [0.5, 0.6) is 5.75 Å². The maximum Gasteiger partial charge on any atom is 0.345 e. The molecule has 94 valence electrons. The van der Waals surface area contributed by atoms with Crippen molar-refractivity contribution in [2.45, 2.75) is 13.5 Å². The number of rotatable bonds is 4. The highest BCUT2D eigenvalue weighted by atomic mass is 79.9. The van der Waals surface area contributed by atoms with Crippen molar-refractivity contribution in [1.82, 2.24) is 0 Å². The molecule has 0 fully saturated rings. The first-order chi connectivity index (χ1) is 8.56. The van der Waals surface area contributed by atoms with Crippen molar-refractivity contribution in [3.8, 4) is 5.75 Å². The minimum absolute atomic E-state index is 0.330. The molecule has 2 rings (SSSR count). The summed E-state index contributed by atoms with van der Waals surface area (Å²) in [5, 5.41) is 8.82. The van der Waals surface area contributed by atoms with Crippen molar-refractivity contribution in [3.63, 3.8) is 0 Å². The van der Waals surface area contributed by atoms with E-state index in [1.54, 1.807) is 12.1 Å².